The van der Waals surface area contributed by atoms with Crippen molar-refractivity contribution in [3.63, 3.8) is 0 Å². The Morgan fingerprint density at radius 2 is 1.80 bits per heavy atom. The predicted molar refractivity (Wildman–Crippen MR) is 118 cm³/mol. The summed E-state index contributed by atoms with van der Waals surface area (Å²) >= 11 is 6.10. The fourth-order valence-electron chi connectivity index (χ4n) is 5.45. The van der Waals surface area contributed by atoms with E-state index < -0.39 is 0 Å². The van der Waals surface area contributed by atoms with Gasteiger partial charge in [-0.2, -0.15) is 0 Å². The average Bonchev–Trinajstić information content (AvgIpc) is 3.42. The molecule has 1 aromatic heterocycles. The first-order valence-electron chi connectivity index (χ1n) is 11.0. The maximum atomic E-state index is 13.7. The summed E-state index contributed by atoms with van der Waals surface area (Å²) in [6, 6.07) is 10.0. The van der Waals surface area contributed by atoms with E-state index >= 15 is 0 Å². The number of anilines is 1. The number of carbonyl (C=O) groups is 1. The van der Waals surface area contributed by atoms with Crippen molar-refractivity contribution in [2.24, 2.45) is 0 Å². The molecule has 3 heterocycles. The highest BCUT2D eigenvalue weighted by Crippen LogP contribution is 2.43. The lowest BCUT2D eigenvalue weighted by molar-refractivity contribution is -0.137. The second kappa shape index (κ2) is 7.86. The van der Waals surface area contributed by atoms with Crippen molar-refractivity contribution in [3.8, 4) is 0 Å². The van der Waals surface area contributed by atoms with Crippen molar-refractivity contribution < 1.29 is 9.53 Å². The average molecular weight is 426 g/mol. The SMILES string of the molecule is C[C@@H]1OCc2nccc(N3CCN(C(=O)C4(c5ccc(Cl)cc5)CCCC4)CC3)c21. The van der Waals surface area contributed by atoms with Gasteiger partial charge >= 0.3 is 0 Å². The van der Waals surface area contributed by atoms with Gasteiger partial charge in [-0.05, 0) is 43.5 Å². The largest absolute Gasteiger partial charge is 0.368 e. The van der Waals surface area contributed by atoms with E-state index in [1.54, 1.807) is 0 Å². The molecule has 1 aliphatic carbocycles. The minimum Gasteiger partial charge on any atom is -0.368 e. The van der Waals surface area contributed by atoms with E-state index in [4.69, 9.17) is 16.3 Å². The van der Waals surface area contributed by atoms with E-state index in [-0.39, 0.29) is 11.5 Å². The first-order chi connectivity index (χ1) is 14.6. The van der Waals surface area contributed by atoms with Crippen molar-refractivity contribution in [1.29, 1.82) is 0 Å². The van der Waals surface area contributed by atoms with Crippen LogP contribution >= 0.6 is 11.6 Å². The van der Waals surface area contributed by atoms with Gasteiger partial charge in [0.1, 0.15) is 0 Å². The van der Waals surface area contributed by atoms with E-state index in [1.165, 1.54) is 11.3 Å². The summed E-state index contributed by atoms with van der Waals surface area (Å²) in [7, 11) is 0. The lowest BCUT2D eigenvalue weighted by Crippen LogP contribution is -2.54. The maximum absolute atomic E-state index is 13.7. The molecule has 1 saturated heterocycles. The number of hydrogen-bond acceptors (Lipinski definition) is 4. The van der Waals surface area contributed by atoms with Crippen LogP contribution in [0.25, 0.3) is 0 Å². The number of piperazine rings is 1. The number of halogens is 1. The number of benzene rings is 1. The van der Waals surface area contributed by atoms with E-state index in [2.05, 4.69) is 27.8 Å². The first-order valence-corrected chi connectivity index (χ1v) is 11.4. The molecule has 0 spiro atoms. The zero-order chi connectivity index (χ0) is 20.7. The molecular weight excluding hydrogens is 398 g/mol. The lowest BCUT2D eigenvalue weighted by atomic mass is 9.77. The van der Waals surface area contributed by atoms with Gasteiger partial charge in [0, 0.05) is 48.6 Å². The van der Waals surface area contributed by atoms with Crippen LogP contribution in [0, 0.1) is 0 Å². The summed E-state index contributed by atoms with van der Waals surface area (Å²) in [6.07, 6.45) is 6.03. The van der Waals surface area contributed by atoms with E-state index in [1.807, 2.05) is 30.5 Å². The summed E-state index contributed by atoms with van der Waals surface area (Å²) in [5, 5.41) is 0.719. The summed E-state index contributed by atoms with van der Waals surface area (Å²) in [4.78, 5) is 22.7. The number of aromatic nitrogens is 1. The third kappa shape index (κ3) is 3.28. The van der Waals surface area contributed by atoms with E-state index in [9.17, 15) is 4.79 Å². The normalized spacial score (nSPS) is 22.9. The van der Waals surface area contributed by atoms with Gasteiger partial charge in [0.05, 0.1) is 23.8 Å². The topological polar surface area (TPSA) is 45.7 Å². The van der Waals surface area contributed by atoms with Gasteiger partial charge < -0.3 is 14.5 Å². The van der Waals surface area contributed by atoms with Crippen LogP contribution in [0.4, 0.5) is 5.69 Å². The molecule has 0 bridgehead atoms. The monoisotopic (exact) mass is 425 g/mol. The zero-order valence-corrected chi connectivity index (χ0v) is 18.2. The zero-order valence-electron chi connectivity index (χ0n) is 17.4. The molecule has 0 unspecified atom stereocenters. The van der Waals surface area contributed by atoms with Crippen LogP contribution in [0.3, 0.4) is 0 Å². The Balaban J connectivity index is 1.34. The molecule has 1 saturated carbocycles. The van der Waals surface area contributed by atoms with Gasteiger partial charge in [-0.15, -0.1) is 0 Å². The van der Waals surface area contributed by atoms with Gasteiger partial charge in [0.25, 0.3) is 0 Å². The van der Waals surface area contributed by atoms with Gasteiger partial charge in [-0.3, -0.25) is 9.78 Å². The molecular formula is C24H28ClN3O2. The Labute approximate surface area is 183 Å². The molecule has 158 valence electrons. The third-order valence-electron chi connectivity index (χ3n) is 7.10. The number of fused-ring (bicyclic) bond motifs is 1. The van der Waals surface area contributed by atoms with Gasteiger partial charge in [-0.25, -0.2) is 0 Å². The van der Waals surface area contributed by atoms with Crippen LogP contribution in [0.5, 0.6) is 0 Å². The minimum absolute atomic E-state index is 0.0787. The van der Waals surface area contributed by atoms with Crippen LogP contribution in [-0.4, -0.2) is 42.0 Å². The van der Waals surface area contributed by atoms with Crippen LogP contribution < -0.4 is 4.90 Å². The predicted octanol–water partition coefficient (Wildman–Crippen LogP) is 4.49. The van der Waals surface area contributed by atoms with Crippen LogP contribution in [0.15, 0.2) is 36.5 Å². The van der Waals surface area contributed by atoms with Crippen molar-refractivity contribution in [2.75, 3.05) is 31.1 Å². The number of rotatable bonds is 3. The molecule has 30 heavy (non-hydrogen) atoms. The van der Waals surface area contributed by atoms with Crippen LogP contribution in [0.2, 0.25) is 5.02 Å². The fraction of sp³-hybridized carbons (Fsp3) is 0.500. The summed E-state index contributed by atoms with van der Waals surface area (Å²) in [5.41, 5.74) is 4.21. The number of ether oxygens (including phenoxy) is 1. The Morgan fingerprint density at radius 3 is 2.50 bits per heavy atom. The van der Waals surface area contributed by atoms with Crippen molar-refractivity contribution in [1.82, 2.24) is 9.88 Å². The molecule has 0 radical (unpaired) electrons. The van der Waals surface area contributed by atoms with E-state index in [0.717, 1.165) is 68.1 Å². The minimum atomic E-state index is -0.382. The second-order valence-corrected chi connectivity index (χ2v) is 9.16. The summed E-state index contributed by atoms with van der Waals surface area (Å²) < 4.78 is 5.79. The maximum Gasteiger partial charge on any atom is 0.233 e. The molecule has 6 heteroatoms. The summed E-state index contributed by atoms with van der Waals surface area (Å²) in [5.74, 6) is 0.290. The molecule has 2 aromatic rings. The molecule has 5 rings (SSSR count). The molecule has 1 atom stereocenters. The van der Waals surface area contributed by atoms with Crippen LogP contribution in [0.1, 0.15) is 55.5 Å². The molecule has 1 amide bonds. The van der Waals surface area contributed by atoms with E-state index in [0.29, 0.717) is 12.5 Å². The van der Waals surface area contributed by atoms with Gasteiger partial charge in [0.2, 0.25) is 5.91 Å². The van der Waals surface area contributed by atoms with Gasteiger partial charge in [0.15, 0.2) is 0 Å². The second-order valence-electron chi connectivity index (χ2n) is 8.72. The molecule has 1 aromatic carbocycles. The number of pyridine rings is 1. The third-order valence-corrected chi connectivity index (χ3v) is 7.35. The quantitative estimate of drug-likeness (QED) is 0.727. The fourth-order valence-corrected chi connectivity index (χ4v) is 5.58. The Morgan fingerprint density at radius 1 is 1.10 bits per heavy atom. The standard InChI is InChI=1S/C24H28ClN3O2/c1-17-22-20(16-30-17)26-11-8-21(22)27-12-14-28(15-13-27)23(29)24(9-2-3-10-24)18-4-6-19(25)7-5-18/h4-8,11,17H,2-3,9-10,12-16H2,1H3/t17-/m0/s1. The Kier molecular flexibility index (Phi) is 5.19. The van der Waals surface area contributed by atoms with Crippen molar-refractivity contribution in [2.45, 2.75) is 50.7 Å². The smallest absolute Gasteiger partial charge is 0.233 e. The first kappa shape index (κ1) is 19.8. The van der Waals surface area contributed by atoms with Crippen LogP contribution in [-0.2, 0) is 21.6 Å². The molecule has 5 nitrogen and oxygen atoms in total. The Hall–Kier alpha value is -2.11. The van der Waals surface area contributed by atoms with Crippen molar-refractivity contribution in [3.05, 3.63) is 58.4 Å². The number of amides is 1. The number of hydrogen-bond donors (Lipinski definition) is 0. The highest BCUT2D eigenvalue weighted by atomic mass is 35.5. The molecule has 3 aliphatic rings. The Bertz CT molecular complexity index is 932. The molecule has 0 N–H and O–H groups in total. The van der Waals surface area contributed by atoms with Crippen molar-refractivity contribution >= 4 is 23.2 Å². The highest BCUT2D eigenvalue weighted by molar-refractivity contribution is 6.30. The lowest BCUT2D eigenvalue weighted by Gasteiger charge is -2.41. The molecule has 2 fully saturated rings. The number of nitrogens with zero attached hydrogens (tertiary/aromatic N) is 3. The summed E-state index contributed by atoms with van der Waals surface area (Å²) in [6.45, 7) is 5.86. The van der Waals surface area contributed by atoms with Gasteiger partial charge in [-0.1, -0.05) is 36.6 Å². The highest BCUT2D eigenvalue weighted by Gasteiger charge is 2.45. The number of carbonyl (C=O) groups excluding carboxylic acids is 1. The molecule has 2 aliphatic heterocycles.